The van der Waals surface area contributed by atoms with Gasteiger partial charge in [0.15, 0.2) is 0 Å². The van der Waals surface area contributed by atoms with E-state index in [1.807, 2.05) is 32.9 Å². The largest absolute Gasteiger partial charge is 0.399 e. The van der Waals surface area contributed by atoms with Gasteiger partial charge in [0, 0.05) is 10.7 Å². The standard InChI is InChI=1S/C7H8ClN.C2H6/c1-5-2-3-6(9)4-7(5)8;1-2/h2-4H,9H2,1H3;1-2H3. The predicted octanol–water partition coefficient (Wildman–Crippen LogP) is 3.26. The van der Waals surface area contributed by atoms with Crippen LogP contribution in [0.3, 0.4) is 0 Å². The van der Waals surface area contributed by atoms with E-state index in [4.69, 9.17) is 17.3 Å². The maximum Gasteiger partial charge on any atom is 0.0455 e. The molecule has 0 saturated carbocycles. The first-order valence-electron chi connectivity index (χ1n) is 3.72. The van der Waals surface area contributed by atoms with E-state index >= 15 is 0 Å². The van der Waals surface area contributed by atoms with Gasteiger partial charge >= 0.3 is 0 Å². The number of halogens is 1. The molecule has 1 aromatic rings. The van der Waals surface area contributed by atoms with Gasteiger partial charge in [0.2, 0.25) is 0 Å². The van der Waals surface area contributed by atoms with Gasteiger partial charge in [-0.3, -0.25) is 0 Å². The maximum absolute atomic E-state index is 5.73. The van der Waals surface area contributed by atoms with Crippen molar-refractivity contribution < 1.29 is 0 Å². The predicted molar refractivity (Wildman–Crippen MR) is 51.9 cm³/mol. The van der Waals surface area contributed by atoms with E-state index in [0.29, 0.717) is 5.69 Å². The average molecular weight is 172 g/mol. The lowest BCUT2D eigenvalue weighted by Crippen LogP contribution is -1.83. The van der Waals surface area contributed by atoms with E-state index in [-0.39, 0.29) is 0 Å². The van der Waals surface area contributed by atoms with Gasteiger partial charge in [-0.15, -0.1) is 0 Å². The van der Waals surface area contributed by atoms with Crippen LogP contribution in [0.1, 0.15) is 19.4 Å². The van der Waals surface area contributed by atoms with Crippen LogP contribution >= 0.6 is 11.6 Å². The minimum Gasteiger partial charge on any atom is -0.399 e. The lowest BCUT2D eigenvalue weighted by molar-refractivity contribution is 1.47. The van der Waals surface area contributed by atoms with Crippen LogP contribution in [0.2, 0.25) is 5.02 Å². The van der Waals surface area contributed by atoms with E-state index in [1.54, 1.807) is 6.07 Å². The monoisotopic (exact) mass is 171 g/mol. The summed E-state index contributed by atoms with van der Waals surface area (Å²) in [5.74, 6) is 0. The molecule has 1 nitrogen and oxygen atoms in total. The molecule has 0 atom stereocenters. The Morgan fingerprint density at radius 2 is 1.82 bits per heavy atom. The van der Waals surface area contributed by atoms with Crippen LogP contribution in [-0.2, 0) is 0 Å². The highest BCUT2D eigenvalue weighted by molar-refractivity contribution is 6.31. The fourth-order valence-electron chi connectivity index (χ4n) is 0.609. The number of hydrogen-bond acceptors (Lipinski definition) is 1. The van der Waals surface area contributed by atoms with Crippen LogP contribution in [0.4, 0.5) is 5.69 Å². The van der Waals surface area contributed by atoms with Crippen molar-refractivity contribution in [2.24, 2.45) is 0 Å². The molecule has 0 radical (unpaired) electrons. The molecular formula is C9H14ClN. The summed E-state index contributed by atoms with van der Waals surface area (Å²) in [7, 11) is 0. The minimum absolute atomic E-state index is 0.714. The quantitative estimate of drug-likeness (QED) is 0.596. The number of benzene rings is 1. The SMILES string of the molecule is CC.Cc1ccc(N)cc1Cl. The number of anilines is 1. The molecule has 2 N–H and O–H groups in total. The lowest BCUT2D eigenvalue weighted by atomic mass is 10.2. The molecule has 0 aliphatic carbocycles. The second kappa shape index (κ2) is 5.03. The molecule has 0 heterocycles. The van der Waals surface area contributed by atoms with E-state index in [0.717, 1.165) is 10.6 Å². The molecule has 0 amide bonds. The van der Waals surface area contributed by atoms with Crippen molar-refractivity contribution in [1.29, 1.82) is 0 Å². The Bertz CT molecular complexity index is 221. The molecule has 0 aliphatic heterocycles. The number of aryl methyl sites for hydroxylation is 1. The molecule has 62 valence electrons. The summed E-state index contributed by atoms with van der Waals surface area (Å²) in [4.78, 5) is 0. The number of nitrogen functional groups attached to an aromatic ring is 1. The van der Waals surface area contributed by atoms with Crippen LogP contribution in [0, 0.1) is 6.92 Å². The zero-order valence-electron chi connectivity index (χ0n) is 7.19. The lowest BCUT2D eigenvalue weighted by Gasteiger charge is -1.96. The Morgan fingerprint density at radius 3 is 2.18 bits per heavy atom. The van der Waals surface area contributed by atoms with Crippen LogP contribution in [0.5, 0.6) is 0 Å². The summed E-state index contributed by atoms with van der Waals surface area (Å²) in [5, 5.41) is 0.731. The summed E-state index contributed by atoms with van der Waals surface area (Å²) in [6, 6.07) is 5.48. The Kier molecular flexibility index (Phi) is 4.71. The van der Waals surface area contributed by atoms with Gasteiger partial charge in [-0.05, 0) is 24.6 Å². The highest BCUT2D eigenvalue weighted by atomic mass is 35.5. The van der Waals surface area contributed by atoms with Gasteiger partial charge in [0.05, 0.1) is 0 Å². The Balaban J connectivity index is 0.000000461. The van der Waals surface area contributed by atoms with E-state index in [9.17, 15) is 0 Å². The smallest absolute Gasteiger partial charge is 0.0455 e. The van der Waals surface area contributed by atoms with E-state index < -0.39 is 0 Å². The first-order chi connectivity index (χ1) is 5.20. The second-order valence-electron chi connectivity index (χ2n) is 2.01. The molecule has 11 heavy (non-hydrogen) atoms. The second-order valence-corrected chi connectivity index (χ2v) is 2.42. The van der Waals surface area contributed by atoms with Crippen LogP contribution in [0.15, 0.2) is 18.2 Å². The first-order valence-corrected chi connectivity index (χ1v) is 4.09. The van der Waals surface area contributed by atoms with Crippen LogP contribution < -0.4 is 5.73 Å². The molecular weight excluding hydrogens is 158 g/mol. The Morgan fingerprint density at radius 1 is 1.27 bits per heavy atom. The summed E-state index contributed by atoms with van der Waals surface area (Å²) < 4.78 is 0. The van der Waals surface area contributed by atoms with E-state index in [2.05, 4.69) is 0 Å². The molecule has 1 aromatic carbocycles. The summed E-state index contributed by atoms with van der Waals surface area (Å²) in [5.41, 5.74) is 7.22. The van der Waals surface area contributed by atoms with Crippen molar-refractivity contribution in [1.82, 2.24) is 0 Å². The molecule has 0 saturated heterocycles. The number of nitrogens with two attached hydrogens (primary N) is 1. The fraction of sp³-hybridized carbons (Fsp3) is 0.333. The molecule has 0 unspecified atom stereocenters. The highest BCUT2D eigenvalue weighted by Gasteiger charge is 1.91. The normalized spacial score (nSPS) is 8.36. The van der Waals surface area contributed by atoms with Gasteiger partial charge in [-0.1, -0.05) is 31.5 Å². The van der Waals surface area contributed by atoms with Gasteiger partial charge < -0.3 is 5.73 Å². The summed E-state index contributed by atoms with van der Waals surface area (Å²) in [6.07, 6.45) is 0. The molecule has 1 rings (SSSR count). The number of hydrogen-bond donors (Lipinski definition) is 1. The Labute approximate surface area is 73.2 Å². The van der Waals surface area contributed by atoms with Gasteiger partial charge in [0.25, 0.3) is 0 Å². The minimum atomic E-state index is 0.714. The summed E-state index contributed by atoms with van der Waals surface area (Å²) in [6.45, 7) is 5.95. The van der Waals surface area contributed by atoms with Crippen molar-refractivity contribution >= 4 is 17.3 Å². The maximum atomic E-state index is 5.73. The third-order valence-electron chi connectivity index (χ3n) is 1.20. The van der Waals surface area contributed by atoms with Crippen LogP contribution in [-0.4, -0.2) is 0 Å². The number of rotatable bonds is 0. The van der Waals surface area contributed by atoms with Crippen molar-refractivity contribution in [3.8, 4) is 0 Å². The van der Waals surface area contributed by atoms with Crippen LogP contribution in [0.25, 0.3) is 0 Å². The van der Waals surface area contributed by atoms with Crippen molar-refractivity contribution in [2.45, 2.75) is 20.8 Å². The van der Waals surface area contributed by atoms with Crippen molar-refractivity contribution in [3.05, 3.63) is 28.8 Å². The van der Waals surface area contributed by atoms with Crippen molar-refractivity contribution in [2.75, 3.05) is 5.73 Å². The zero-order valence-corrected chi connectivity index (χ0v) is 7.94. The van der Waals surface area contributed by atoms with Gasteiger partial charge in [0.1, 0.15) is 0 Å². The molecule has 0 aromatic heterocycles. The average Bonchev–Trinajstić information content (AvgIpc) is 2.02. The van der Waals surface area contributed by atoms with E-state index in [1.165, 1.54) is 0 Å². The first kappa shape index (κ1) is 10.3. The molecule has 0 aliphatic rings. The molecule has 2 heteroatoms. The third-order valence-corrected chi connectivity index (χ3v) is 1.60. The third kappa shape index (κ3) is 3.28. The van der Waals surface area contributed by atoms with Gasteiger partial charge in [-0.2, -0.15) is 0 Å². The molecule has 0 spiro atoms. The molecule has 0 fully saturated rings. The highest BCUT2D eigenvalue weighted by Crippen LogP contribution is 2.17. The molecule has 0 bridgehead atoms. The zero-order chi connectivity index (χ0) is 8.85. The summed E-state index contributed by atoms with van der Waals surface area (Å²) >= 11 is 5.73. The van der Waals surface area contributed by atoms with Gasteiger partial charge in [-0.25, -0.2) is 0 Å². The fourth-order valence-corrected chi connectivity index (χ4v) is 0.798. The van der Waals surface area contributed by atoms with Crippen molar-refractivity contribution in [3.63, 3.8) is 0 Å². The topological polar surface area (TPSA) is 26.0 Å². The Hall–Kier alpha value is -0.690.